The SMILES string of the molecule is CC1=Cc2c(-c3ccc(C(C)(C)C)cc3)cccc2[CH]1[Ti]([Cl])[Cl]. The first-order valence-corrected chi connectivity index (χ1v) is 13.1. The monoisotopic (exact) mass is 379 g/mol. The first-order chi connectivity index (χ1) is 10.8. The van der Waals surface area contributed by atoms with Crippen LogP contribution in [-0.4, -0.2) is 0 Å². The molecule has 0 spiro atoms. The third kappa shape index (κ3) is 3.33. The summed E-state index contributed by atoms with van der Waals surface area (Å²) in [5.41, 5.74) is 7.97. The molecule has 0 N–H and O–H groups in total. The van der Waals surface area contributed by atoms with Gasteiger partial charge < -0.3 is 0 Å². The number of hydrogen-bond donors (Lipinski definition) is 0. The zero-order chi connectivity index (χ0) is 16.8. The summed E-state index contributed by atoms with van der Waals surface area (Å²) in [6.45, 7) is 8.87. The average molecular weight is 380 g/mol. The molecule has 1 aliphatic rings. The molecule has 1 atom stereocenters. The van der Waals surface area contributed by atoms with E-state index in [0.29, 0.717) is 0 Å². The van der Waals surface area contributed by atoms with Crippen LogP contribution in [0, 0.1) is 0 Å². The van der Waals surface area contributed by atoms with Crippen molar-refractivity contribution in [2.24, 2.45) is 0 Å². The van der Waals surface area contributed by atoms with Crippen molar-refractivity contribution in [2.45, 2.75) is 37.3 Å². The first kappa shape index (κ1) is 17.3. The number of hydrogen-bond acceptors (Lipinski definition) is 0. The second-order valence-corrected chi connectivity index (χ2v) is 13.2. The van der Waals surface area contributed by atoms with E-state index in [2.05, 4.69) is 76.2 Å². The number of fused-ring (bicyclic) bond motifs is 1. The Morgan fingerprint density at radius 2 is 1.61 bits per heavy atom. The van der Waals surface area contributed by atoms with E-state index in [4.69, 9.17) is 18.6 Å². The molecule has 23 heavy (non-hydrogen) atoms. The third-order valence-electron chi connectivity index (χ3n) is 4.56. The van der Waals surface area contributed by atoms with Crippen LogP contribution in [0.3, 0.4) is 0 Å². The fourth-order valence-corrected chi connectivity index (χ4v) is 7.06. The molecule has 3 rings (SSSR count). The Morgan fingerprint density at radius 1 is 0.957 bits per heavy atom. The van der Waals surface area contributed by atoms with Crippen LogP contribution in [0.4, 0.5) is 0 Å². The zero-order valence-corrected chi connectivity index (χ0v) is 17.0. The van der Waals surface area contributed by atoms with Crippen molar-refractivity contribution in [1.29, 1.82) is 0 Å². The van der Waals surface area contributed by atoms with Crippen molar-refractivity contribution in [1.82, 2.24) is 0 Å². The van der Waals surface area contributed by atoms with Gasteiger partial charge in [0.1, 0.15) is 0 Å². The van der Waals surface area contributed by atoms with Crippen LogP contribution in [0.2, 0.25) is 0 Å². The minimum atomic E-state index is -2.06. The molecule has 0 saturated heterocycles. The Hall–Kier alpha value is -0.526. The molecule has 0 aliphatic heterocycles. The van der Waals surface area contributed by atoms with Crippen LogP contribution in [0.5, 0.6) is 0 Å². The fraction of sp³-hybridized carbons (Fsp3) is 0.300. The van der Waals surface area contributed by atoms with E-state index in [1.54, 1.807) is 0 Å². The van der Waals surface area contributed by atoms with Gasteiger partial charge in [-0.3, -0.25) is 0 Å². The minimum absolute atomic E-state index is 0.177. The Bertz CT molecular complexity index is 752. The van der Waals surface area contributed by atoms with E-state index in [9.17, 15) is 0 Å². The van der Waals surface area contributed by atoms with Gasteiger partial charge in [0.05, 0.1) is 0 Å². The summed E-state index contributed by atoms with van der Waals surface area (Å²) in [5.74, 6) is 0. The molecule has 1 unspecified atom stereocenters. The van der Waals surface area contributed by atoms with Gasteiger partial charge in [-0.15, -0.1) is 0 Å². The molecule has 1 aliphatic carbocycles. The Labute approximate surface area is 153 Å². The molecular formula is C20H21Cl2Ti. The average Bonchev–Trinajstić information content (AvgIpc) is 2.82. The molecule has 0 aromatic heterocycles. The van der Waals surface area contributed by atoms with Gasteiger partial charge in [0.2, 0.25) is 0 Å². The van der Waals surface area contributed by atoms with Gasteiger partial charge in [0.25, 0.3) is 0 Å². The summed E-state index contributed by atoms with van der Waals surface area (Å²) in [4.78, 5) is 0. The topological polar surface area (TPSA) is 0 Å². The standard InChI is InChI=1S/C20H21.2ClH.Ti/c1-14-12-16-6-5-7-18(19(16)13-14)15-8-10-17(11-9-15)20(2,3)4;;;/h5-13H,1-4H3;2*1H;/q;;;+2/p-2. The van der Waals surface area contributed by atoms with Crippen molar-refractivity contribution in [3.63, 3.8) is 0 Å². The summed E-state index contributed by atoms with van der Waals surface area (Å²) in [7, 11) is 12.7. The van der Waals surface area contributed by atoms with Crippen LogP contribution in [0.1, 0.15) is 48.6 Å². The van der Waals surface area contributed by atoms with Gasteiger partial charge in [-0.05, 0) is 0 Å². The second kappa shape index (κ2) is 6.41. The van der Waals surface area contributed by atoms with Crippen molar-refractivity contribution >= 4 is 24.7 Å². The summed E-state index contributed by atoms with van der Waals surface area (Å²) < 4.78 is 0.266. The van der Waals surface area contributed by atoms with Crippen LogP contribution in [-0.2, 0) is 21.2 Å². The van der Waals surface area contributed by atoms with Gasteiger partial charge in [0.15, 0.2) is 0 Å². The maximum absolute atomic E-state index is 6.37. The number of benzene rings is 2. The normalized spacial score (nSPS) is 17.0. The van der Waals surface area contributed by atoms with E-state index >= 15 is 0 Å². The molecule has 119 valence electrons. The molecule has 0 radical (unpaired) electrons. The molecule has 0 bridgehead atoms. The molecular weight excluding hydrogens is 359 g/mol. The summed E-state index contributed by atoms with van der Waals surface area (Å²) >= 11 is -2.06. The van der Waals surface area contributed by atoms with E-state index in [1.165, 1.54) is 33.4 Å². The van der Waals surface area contributed by atoms with Gasteiger partial charge in [-0.25, -0.2) is 0 Å². The van der Waals surface area contributed by atoms with Gasteiger partial charge in [-0.2, -0.15) is 0 Å². The van der Waals surface area contributed by atoms with Crippen molar-refractivity contribution in [3.05, 3.63) is 64.7 Å². The van der Waals surface area contributed by atoms with Crippen molar-refractivity contribution < 1.29 is 15.7 Å². The number of halogens is 2. The summed E-state index contributed by atoms with van der Waals surface area (Å²) in [6, 6.07) is 15.4. The maximum atomic E-state index is 6.37. The predicted octanol–water partition coefficient (Wildman–Crippen LogP) is 7.03. The number of rotatable bonds is 2. The Morgan fingerprint density at radius 3 is 2.17 bits per heavy atom. The van der Waals surface area contributed by atoms with Gasteiger partial charge in [-0.1, -0.05) is 0 Å². The first-order valence-electron chi connectivity index (χ1n) is 7.89. The van der Waals surface area contributed by atoms with E-state index < -0.39 is 15.7 Å². The molecule has 3 heteroatoms. The molecule has 0 fully saturated rings. The quantitative estimate of drug-likeness (QED) is 0.491. The molecule has 2 aromatic carbocycles. The van der Waals surface area contributed by atoms with Gasteiger partial charge in [0, 0.05) is 0 Å². The van der Waals surface area contributed by atoms with Crippen LogP contribution >= 0.6 is 18.6 Å². The summed E-state index contributed by atoms with van der Waals surface area (Å²) in [5, 5.41) is 0. The van der Waals surface area contributed by atoms with Crippen LogP contribution in [0.15, 0.2) is 48.0 Å². The summed E-state index contributed by atoms with van der Waals surface area (Å²) in [6.07, 6.45) is 2.27. The van der Waals surface area contributed by atoms with E-state index in [0.717, 1.165) is 0 Å². The van der Waals surface area contributed by atoms with Gasteiger partial charge >= 0.3 is 154 Å². The molecule has 0 heterocycles. The van der Waals surface area contributed by atoms with Crippen LogP contribution in [0.25, 0.3) is 17.2 Å². The molecule has 2 aromatic rings. The van der Waals surface area contributed by atoms with Crippen molar-refractivity contribution in [2.75, 3.05) is 0 Å². The number of allylic oxidation sites excluding steroid dienone is 1. The molecule has 0 amide bonds. The predicted molar refractivity (Wildman–Crippen MR) is 98.7 cm³/mol. The third-order valence-corrected chi connectivity index (χ3v) is 8.24. The second-order valence-electron chi connectivity index (χ2n) is 7.25. The molecule has 0 nitrogen and oxygen atoms in total. The van der Waals surface area contributed by atoms with Crippen molar-refractivity contribution in [3.8, 4) is 11.1 Å². The Balaban J connectivity index is 2.07. The van der Waals surface area contributed by atoms with E-state index in [-0.39, 0.29) is 9.64 Å². The fourth-order valence-electron chi connectivity index (χ4n) is 3.24. The Kier molecular flexibility index (Phi) is 4.82. The van der Waals surface area contributed by atoms with Crippen LogP contribution < -0.4 is 0 Å². The zero-order valence-electron chi connectivity index (χ0n) is 14.0. The molecule has 0 saturated carbocycles. The van der Waals surface area contributed by atoms with E-state index in [1.807, 2.05) is 0 Å².